The maximum Gasteiger partial charge on any atom is 0.0243 e. The molecular formula is C17H23N. The van der Waals surface area contributed by atoms with Crippen LogP contribution in [0.25, 0.3) is 6.08 Å². The van der Waals surface area contributed by atoms with Crippen LogP contribution in [-0.2, 0) is 0 Å². The Morgan fingerprint density at radius 2 is 1.67 bits per heavy atom. The summed E-state index contributed by atoms with van der Waals surface area (Å²) in [7, 11) is 0. The summed E-state index contributed by atoms with van der Waals surface area (Å²) < 4.78 is 0. The summed E-state index contributed by atoms with van der Waals surface area (Å²) in [6, 6.07) is 8.08. The van der Waals surface area contributed by atoms with Gasteiger partial charge in [0.05, 0.1) is 0 Å². The van der Waals surface area contributed by atoms with Gasteiger partial charge in [-0.3, -0.25) is 0 Å². The Kier molecular flexibility index (Phi) is 7.68. The fourth-order valence-corrected chi connectivity index (χ4v) is 1.85. The van der Waals surface area contributed by atoms with Crippen molar-refractivity contribution in [1.29, 1.82) is 0 Å². The van der Waals surface area contributed by atoms with Crippen molar-refractivity contribution in [3.63, 3.8) is 0 Å². The van der Waals surface area contributed by atoms with Crippen LogP contribution in [0.3, 0.4) is 0 Å². The van der Waals surface area contributed by atoms with Crippen LogP contribution >= 0.6 is 0 Å². The normalized spacial score (nSPS) is 10.7. The Bertz CT molecular complexity index is 381. The minimum absolute atomic E-state index is 0.827. The van der Waals surface area contributed by atoms with Crippen LogP contribution in [0.2, 0.25) is 0 Å². The molecule has 0 fully saturated rings. The number of hydrogen-bond donors (Lipinski definition) is 1. The minimum atomic E-state index is 0.827. The largest absolute Gasteiger partial charge is 0.330 e. The van der Waals surface area contributed by atoms with E-state index in [9.17, 15) is 0 Å². The fourth-order valence-electron chi connectivity index (χ4n) is 1.85. The molecule has 1 aromatic carbocycles. The van der Waals surface area contributed by atoms with Crippen molar-refractivity contribution in [1.82, 2.24) is 0 Å². The predicted octanol–water partition coefficient (Wildman–Crippen LogP) is 3.98. The van der Waals surface area contributed by atoms with E-state index in [0.29, 0.717) is 0 Å². The Morgan fingerprint density at radius 1 is 1.00 bits per heavy atom. The third-order valence-electron chi connectivity index (χ3n) is 2.96. The lowest BCUT2D eigenvalue weighted by Crippen LogP contribution is -1.97. The number of benzene rings is 1. The molecule has 1 rings (SSSR count). The SMILES string of the molecule is C#Cc1ccc(C=CCCCCCCCN)cc1. The zero-order valence-electron chi connectivity index (χ0n) is 11.1. The highest BCUT2D eigenvalue weighted by Crippen LogP contribution is 2.09. The first-order chi connectivity index (χ1) is 8.86. The summed E-state index contributed by atoms with van der Waals surface area (Å²) in [6.07, 6.45) is 17.2. The second kappa shape index (κ2) is 9.50. The van der Waals surface area contributed by atoms with Crippen molar-refractivity contribution >= 4 is 6.08 Å². The summed E-state index contributed by atoms with van der Waals surface area (Å²) >= 11 is 0. The molecule has 0 spiro atoms. The lowest BCUT2D eigenvalue weighted by Gasteiger charge is -1.98. The second-order valence-electron chi connectivity index (χ2n) is 4.51. The van der Waals surface area contributed by atoms with Crippen LogP contribution in [0.5, 0.6) is 0 Å². The molecule has 0 saturated heterocycles. The van der Waals surface area contributed by atoms with E-state index in [0.717, 1.165) is 24.9 Å². The zero-order chi connectivity index (χ0) is 13.1. The van der Waals surface area contributed by atoms with Gasteiger partial charge in [-0.1, -0.05) is 49.5 Å². The molecule has 0 radical (unpaired) electrons. The highest BCUT2D eigenvalue weighted by Gasteiger charge is 1.89. The van der Waals surface area contributed by atoms with Gasteiger partial charge in [0.1, 0.15) is 0 Å². The van der Waals surface area contributed by atoms with Gasteiger partial charge in [0.2, 0.25) is 0 Å². The minimum Gasteiger partial charge on any atom is -0.330 e. The van der Waals surface area contributed by atoms with Gasteiger partial charge >= 0.3 is 0 Å². The van der Waals surface area contributed by atoms with Crippen LogP contribution in [0, 0.1) is 12.3 Å². The molecule has 0 unspecified atom stereocenters. The quantitative estimate of drug-likeness (QED) is 0.540. The molecule has 18 heavy (non-hydrogen) atoms. The third-order valence-corrected chi connectivity index (χ3v) is 2.96. The average Bonchev–Trinajstić information content (AvgIpc) is 2.42. The summed E-state index contributed by atoms with van der Waals surface area (Å²) in [5, 5.41) is 0. The van der Waals surface area contributed by atoms with Gasteiger partial charge in [-0.15, -0.1) is 6.42 Å². The van der Waals surface area contributed by atoms with E-state index in [2.05, 4.69) is 30.2 Å². The lowest BCUT2D eigenvalue weighted by atomic mass is 10.1. The Balaban J connectivity index is 2.14. The molecule has 2 N–H and O–H groups in total. The van der Waals surface area contributed by atoms with Crippen molar-refractivity contribution in [3.8, 4) is 12.3 Å². The third kappa shape index (κ3) is 6.27. The molecule has 1 aromatic rings. The molecule has 1 heteroatoms. The standard InChI is InChI=1S/C17H23N/c1-2-16-11-13-17(14-12-16)10-8-6-4-3-5-7-9-15-18/h1,8,10-14H,3-7,9,15,18H2. The van der Waals surface area contributed by atoms with Gasteiger partial charge in [-0.2, -0.15) is 0 Å². The van der Waals surface area contributed by atoms with Crippen LogP contribution < -0.4 is 5.73 Å². The number of rotatable bonds is 8. The number of allylic oxidation sites excluding steroid dienone is 1. The first-order valence-electron chi connectivity index (χ1n) is 6.80. The molecule has 0 atom stereocenters. The summed E-state index contributed by atoms with van der Waals surface area (Å²) in [5.41, 5.74) is 7.61. The maximum atomic E-state index is 5.45. The van der Waals surface area contributed by atoms with E-state index in [4.69, 9.17) is 12.2 Å². The summed E-state index contributed by atoms with van der Waals surface area (Å²) in [4.78, 5) is 0. The zero-order valence-corrected chi connectivity index (χ0v) is 11.1. The van der Waals surface area contributed by atoms with Gasteiger partial charge in [-0.05, 0) is 43.5 Å². The maximum absolute atomic E-state index is 5.45. The van der Waals surface area contributed by atoms with Crippen LogP contribution in [0.1, 0.15) is 49.7 Å². The topological polar surface area (TPSA) is 26.0 Å². The molecule has 0 aliphatic carbocycles. The molecule has 1 nitrogen and oxygen atoms in total. The van der Waals surface area contributed by atoms with E-state index in [1.165, 1.54) is 31.2 Å². The Morgan fingerprint density at radius 3 is 2.33 bits per heavy atom. The first-order valence-corrected chi connectivity index (χ1v) is 6.80. The lowest BCUT2D eigenvalue weighted by molar-refractivity contribution is 0.623. The molecule has 0 amide bonds. The predicted molar refractivity (Wildman–Crippen MR) is 80.2 cm³/mol. The van der Waals surface area contributed by atoms with E-state index in [-0.39, 0.29) is 0 Å². The highest BCUT2D eigenvalue weighted by atomic mass is 14.5. The van der Waals surface area contributed by atoms with Gasteiger partial charge in [0.15, 0.2) is 0 Å². The van der Waals surface area contributed by atoms with Gasteiger partial charge < -0.3 is 5.73 Å². The van der Waals surface area contributed by atoms with Crippen molar-refractivity contribution in [2.75, 3.05) is 6.54 Å². The smallest absolute Gasteiger partial charge is 0.0243 e. The van der Waals surface area contributed by atoms with E-state index < -0.39 is 0 Å². The van der Waals surface area contributed by atoms with Crippen molar-refractivity contribution < 1.29 is 0 Å². The Labute approximate surface area is 111 Å². The van der Waals surface area contributed by atoms with Crippen molar-refractivity contribution in [2.24, 2.45) is 5.73 Å². The van der Waals surface area contributed by atoms with Gasteiger partial charge in [0.25, 0.3) is 0 Å². The molecule has 0 heterocycles. The molecule has 0 bridgehead atoms. The van der Waals surface area contributed by atoms with Gasteiger partial charge in [0, 0.05) is 5.56 Å². The van der Waals surface area contributed by atoms with E-state index >= 15 is 0 Å². The second-order valence-corrected chi connectivity index (χ2v) is 4.51. The monoisotopic (exact) mass is 241 g/mol. The number of nitrogens with two attached hydrogens (primary N) is 1. The van der Waals surface area contributed by atoms with E-state index in [1.807, 2.05) is 12.1 Å². The Hall–Kier alpha value is -1.52. The van der Waals surface area contributed by atoms with Crippen LogP contribution in [-0.4, -0.2) is 6.54 Å². The first kappa shape index (κ1) is 14.5. The number of hydrogen-bond acceptors (Lipinski definition) is 1. The molecule has 96 valence electrons. The molecule has 0 aromatic heterocycles. The summed E-state index contributed by atoms with van der Waals surface area (Å²) in [5.74, 6) is 2.62. The highest BCUT2D eigenvalue weighted by molar-refractivity contribution is 5.51. The van der Waals surface area contributed by atoms with Crippen molar-refractivity contribution in [2.45, 2.75) is 38.5 Å². The van der Waals surface area contributed by atoms with Gasteiger partial charge in [-0.25, -0.2) is 0 Å². The number of terminal acetylenes is 1. The van der Waals surface area contributed by atoms with Crippen LogP contribution in [0.4, 0.5) is 0 Å². The summed E-state index contributed by atoms with van der Waals surface area (Å²) in [6.45, 7) is 0.827. The number of unbranched alkanes of at least 4 members (excludes halogenated alkanes) is 5. The van der Waals surface area contributed by atoms with E-state index in [1.54, 1.807) is 0 Å². The van der Waals surface area contributed by atoms with Crippen molar-refractivity contribution in [3.05, 3.63) is 41.5 Å². The molecule has 0 aliphatic rings. The van der Waals surface area contributed by atoms with Crippen LogP contribution in [0.15, 0.2) is 30.3 Å². The molecule has 0 aliphatic heterocycles. The fraction of sp³-hybridized carbons (Fsp3) is 0.412. The molecular weight excluding hydrogens is 218 g/mol. The molecule has 0 saturated carbocycles. The average molecular weight is 241 g/mol.